The molecule has 1 heterocycles. The average molecular weight is 293 g/mol. The van der Waals surface area contributed by atoms with Crippen LogP contribution in [0.5, 0.6) is 0 Å². The zero-order chi connectivity index (χ0) is 14.8. The van der Waals surface area contributed by atoms with Gasteiger partial charge in [-0.25, -0.2) is 0 Å². The van der Waals surface area contributed by atoms with Gasteiger partial charge in [-0.2, -0.15) is 0 Å². The summed E-state index contributed by atoms with van der Waals surface area (Å²) in [6.07, 6.45) is 16.7. The molecule has 0 bridgehead atoms. The predicted octanol–water partition coefficient (Wildman–Crippen LogP) is 4.82. The second kappa shape index (κ2) is 6.58. The number of ether oxygens (including phenoxy) is 1. The van der Waals surface area contributed by atoms with Crippen LogP contribution in [0.15, 0.2) is 0 Å². The average Bonchev–Trinajstić information content (AvgIpc) is 3.28. The molecule has 0 amide bonds. The Kier molecular flexibility index (Phi) is 4.95. The van der Waals surface area contributed by atoms with E-state index in [-0.39, 0.29) is 0 Å². The van der Waals surface area contributed by atoms with Gasteiger partial charge in [-0.05, 0) is 63.2 Å². The van der Waals surface area contributed by atoms with Gasteiger partial charge in [0.25, 0.3) is 0 Å². The maximum Gasteiger partial charge on any atom is 0.0687 e. The lowest BCUT2D eigenvalue weighted by Gasteiger charge is -2.37. The molecule has 1 spiro atoms. The predicted molar refractivity (Wildman–Crippen MR) is 88.6 cm³/mol. The van der Waals surface area contributed by atoms with Gasteiger partial charge in [0.1, 0.15) is 0 Å². The first kappa shape index (κ1) is 15.8. The lowest BCUT2D eigenvalue weighted by molar-refractivity contribution is -0.0777. The summed E-state index contributed by atoms with van der Waals surface area (Å²) in [5.41, 5.74) is 0.757. The van der Waals surface area contributed by atoms with Crippen LogP contribution in [0.1, 0.15) is 90.9 Å². The highest BCUT2D eigenvalue weighted by atomic mass is 16.5. The minimum atomic E-state index is 0.292. The molecule has 0 radical (unpaired) electrons. The van der Waals surface area contributed by atoms with Gasteiger partial charge in [-0.15, -0.1) is 0 Å². The van der Waals surface area contributed by atoms with Crippen LogP contribution >= 0.6 is 0 Å². The van der Waals surface area contributed by atoms with Crippen molar-refractivity contribution in [3.8, 4) is 0 Å². The van der Waals surface area contributed by atoms with E-state index in [1.54, 1.807) is 0 Å². The molecule has 21 heavy (non-hydrogen) atoms. The standard InChI is InChI=1S/C19H35NO/c1-3-18(4-2,15-20-16-8-9-16)14-17-10-13-19(21-17)11-6-5-7-12-19/h16-17,20H,3-15H2,1-2H3. The molecule has 3 rings (SSSR count). The fourth-order valence-corrected chi connectivity index (χ4v) is 4.60. The van der Waals surface area contributed by atoms with E-state index in [1.807, 2.05) is 0 Å². The van der Waals surface area contributed by atoms with Crippen molar-refractivity contribution < 1.29 is 4.74 Å². The van der Waals surface area contributed by atoms with Gasteiger partial charge in [0.15, 0.2) is 0 Å². The maximum absolute atomic E-state index is 6.64. The van der Waals surface area contributed by atoms with Crippen LogP contribution in [0.25, 0.3) is 0 Å². The smallest absolute Gasteiger partial charge is 0.0687 e. The van der Waals surface area contributed by atoms with Gasteiger partial charge in [0.05, 0.1) is 11.7 Å². The summed E-state index contributed by atoms with van der Waals surface area (Å²) in [6.45, 7) is 5.96. The lowest BCUT2D eigenvalue weighted by atomic mass is 9.76. The van der Waals surface area contributed by atoms with Crippen LogP contribution in [-0.2, 0) is 4.74 Å². The first-order valence-electron chi connectivity index (χ1n) is 9.60. The number of rotatable bonds is 7. The quantitative estimate of drug-likeness (QED) is 0.727. The Labute approximate surface area is 131 Å². The van der Waals surface area contributed by atoms with E-state index in [9.17, 15) is 0 Å². The third kappa shape index (κ3) is 3.82. The molecule has 0 aromatic carbocycles. The van der Waals surface area contributed by atoms with Gasteiger partial charge >= 0.3 is 0 Å². The Morgan fingerprint density at radius 2 is 1.71 bits per heavy atom. The third-order valence-electron chi connectivity index (χ3n) is 6.61. The molecular formula is C19H35NO. The molecular weight excluding hydrogens is 258 g/mol. The van der Waals surface area contributed by atoms with Crippen LogP contribution in [0.2, 0.25) is 0 Å². The molecule has 3 aliphatic rings. The minimum absolute atomic E-state index is 0.292. The van der Waals surface area contributed by atoms with Gasteiger partial charge in [-0.1, -0.05) is 33.1 Å². The highest BCUT2D eigenvalue weighted by molar-refractivity contribution is 4.95. The van der Waals surface area contributed by atoms with Crippen molar-refractivity contribution >= 4 is 0 Å². The fourth-order valence-electron chi connectivity index (χ4n) is 4.60. The zero-order valence-corrected chi connectivity index (χ0v) is 14.3. The summed E-state index contributed by atoms with van der Waals surface area (Å²) >= 11 is 0. The molecule has 122 valence electrons. The van der Waals surface area contributed by atoms with Crippen LogP contribution in [0, 0.1) is 5.41 Å². The minimum Gasteiger partial charge on any atom is -0.372 e. The number of nitrogens with one attached hydrogen (secondary N) is 1. The number of hydrogen-bond donors (Lipinski definition) is 1. The molecule has 1 atom stereocenters. The molecule has 0 aromatic rings. The SMILES string of the molecule is CCC(CC)(CNC1CC1)CC1CCC2(CCCCC2)O1. The van der Waals surface area contributed by atoms with Gasteiger partial charge in [0.2, 0.25) is 0 Å². The molecule has 3 fully saturated rings. The number of hydrogen-bond acceptors (Lipinski definition) is 2. The summed E-state index contributed by atoms with van der Waals surface area (Å²) < 4.78 is 6.64. The van der Waals surface area contributed by atoms with Crippen molar-refractivity contribution in [1.82, 2.24) is 5.32 Å². The van der Waals surface area contributed by atoms with Gasteiger partial charge < -0.3 is 10.1 Å². The Balaban J connectivity index is 1.55. The highest BCUT2D eigenvalue weighted by Crippen LogP contribution is 2.45. The van der Waals surface area contributed by atoms with Crippen LogP contribution in [0.3, 0.4) is 0 Å². The van der Waals surface area contributed by atoms with Crippen molar-refractivity contribution in [3.63, 3.8) is 0 Å². The summed E-state index contributed by atoms with van der Waals surface area (Å²) in [4.78, 5) is 0. The summed E-state index contributed by atoms with van der Waals surface area (Å²) in [6, 6.07) is 0.830. The third-order valence-corrected chi connectivity index (χ3v) is 6.61. The molecule has 1 saturated heterocycles. The Bertz CT molecular complexity index is 326. The first-order chi connectivity index (χ1) is 10.2. The van der Waals surface area contributed by atoms with Crippen molar-refractivity contribution in [2.75, 3.05) is 6.54 Å². The van der Waals surface area contributed by atoms with Crippen molar-refractivity contribution in [1.29, 1.82) is 0 Å². The maximum atomic E-state index is 6.64. The van der Waals surface area contributed by atoms with Crippen LogP contribution < -0.4 is 5.32 Å². The van der Waals surface area contributed by atoms with Crippen molar-refractivity contribution in [2.45, 2.75) is 109 Å². The van der Waals surface area contributed by atoms with E-state index in [4.69, 9.17) is 4.74 Å². The van der Waals surface area contributed by atoms with E-state index in [1.165, 1.54) is 83.6 Å². The van der Waals surface area contributed by atoms with E-state index in [2.05, 4.69) is 19.2 Å². The van der Waals surface area contributed by atoms with E-state index < -0.39 is 0 Å². The molecule has 0 aromatic heterocycles. The van der Waals surface area contributed by atoms with Gasteiger partial charge in [0, 0.05) is 12.6 Å². The second-order valence-corrected chi connectivity index (χ2v) is 8.09. The lowest BCUT2D eigenvalue weighted by Crippen LogP contribution is -2.38. The zero-order valence-electron chi connectivity index (χ0n) is 14.3. The normalized spacial score (nSPS) is 29.1. The molecule has 2 saturated carbocycles. The molecule has 2 nitrogen and oxygen atoms in total. The molecule has 2 heteroatoms. The molecule has 1 N–H and O–H groups in total. The highest BCUT2D eigenvalue weighted by Gasteiger charge is 2.43. The van der Waals surface area contributed by atoms with E-state index >= 15 is 0 Å². The monoisotopic (exact) mass is 293 g/mol. The van der Waals surface area contributed by atoms with Crippen molar-refractivity contribution in [2.24, 2.45) is 5.41 Å². The van der Waals surface area contributed by atoms with Crippen LogP contribution in [0.4, 0.5) is 0 Å². The Morgan fingerprint density at radius 3 is 2.33 bits per heavy atom. The molecule has 2 aliphatic carbocycles. The Hall–Kier alpha value is -0.0800. The van der Waals surface area contributed by atoms with Crippen LogP contribution in [-0.4, -0.2) is 24.3 Å². The topological polar surface area (TPSA) is 21.3 Å². The van der Waals surface area contributed by atoms with Crippen molar-refractivity contribution in [3.05, 3.63) is 0 Å². The largest absolute Gasteiger partial charge is 0.372 e. The Morgan fingerprint density at radius 1 is 1.00 bits per heavy atom. The van der Waals surface area contributed by atoms with E-state index in [0.717, 1.165) is 6.04 Å². The van der Waals surface area contributed by atoms with Gasteiger partial charge in [-0.3, -0.25) is 0 Å². The fraction of sp³-hybridized carbons (Fsp3) is 1.00. The summed E-state index contributed by atoms with van der Waals surface area (Å²) in [5.74, 6) is 0. The summed E-state index contributed by atoms with van der Waals surface area (Å²) in [7, 11) is 0. The summed E-state index contributed by atoms with van der Waals surface area (Å²) in [5, 5.41) is 3.79. The molecule has 1 aliphatic heterocycles. The van der Waals surface area contributed by atoms with E-state index in [0.29, 0.717) is 17.1 Å². The molecule has 1 unspecified atom stereocenters. The second-order valence-electron chi connectivity index (χ2n) is 8.09. The first-order valence-corrected chi connectivity index (χ1v) is 9.60.